The molecule has 138 valence electrons. The maximum absolute atomic E-state index is 12.7. The van der Waals surface area contributed by atoms with E-state index in [2.05, 4.69) is 10.3 Å². The van der Waals surface area contributed by atoms with Crippen LogP contribution in [0.2, 0.25) is 5.02 Å². The zero-order chi connectivity index (χ0) is 18.1. The first-order chi connectivity index (χ1) is 12.6. The Bertz CT molecular complexity index is 767. The summed E-state index contributed by atoms with van der Waals surface area (Å²) >= 11 is 7.49. The van der Waals surface area contributed by atoms with E-state index in [1.54, 1.807) is 18.0 Å². The van der Waals surface area contributed by atoms with Gasteiger partial charge in [0.05, 0.1) is 17.2 Å². The fourth-order valence-corrected chi connectivity index (χ4v) is 4.63. The number of amides is 1. The number of aromatic nitrogens is 1. The van der Waals surface area contributed by atoms with Gasteiger partial charge in [-0.1, -0.05) is 11.6 Å². The summed E-state index contributed by atoms with van der Waals surface area (Å²) in [6.45, 7) is 5.84. The number of halogens is 1. The Morgan fingerprint density at radius 2 is 2.04 bits per heavy atom. The van der Waals surface area contributed by atoms with Gasteiger partial charge >= 0.3 is 0 Å². The van der Waals surface area contributed by atoms with Gasteiger partial charge in [-0.05, 0) is 43.0 Å². The Morgan fingerprint density at radius 1 is 1.35 bits per heavy atom. The normalized spacial score (nSPS) is 23.2. The molecule has 0 bridgehead atoms. The molecule has 7 heteroatoms. The van der Waals surface area contributed by atoms with Gasteiger partial charge < -0.3 is 14.6 Å². The second kappa shape index (κ2) is 7.62. The molecule has 1 N–H and O–H groups in total. The van der Waals surface area contributed by atoms with Crippen molar-refractivity contribution in [3.8, 4) is 11.3 Å². The number of thioether (sulfide) groups is 1. The van der Waals surface area contributed by atoms with Crippen molar-refractivity contribution in [1.29, 1.82) is 0 Å². The van der Waals surface area contributed by atoms with Gasteiger partial charge in [0, 0.05) is 36.8 Å². The highest BCUT2D eigenvalue weighted by molar-refractivity contribution is 7.99. The lowest BCUT2D eigenvalue weighted by molar-refractivity contribution is -0.129. The summed E-state index contributed by atoms with van der Waals surface area (Å²) in [4.78, 5) is 19.0. The molecule has 3 heterocycles. The van der Waals surface area contributed by atoms with Gasteiger partial charge in [-0.3, -0.25) is 4.79 Å². The van der Waals surface area contributed by atoms with Crippen LogP contribution in [0.3, 0.4) is 0 Å². The molecule has 1 amide bonds. The molecule has 2 fully saturated rings. The number of nitrogens with zero attached hydrogens (tertiary/aromatic N) is 2. The molecule has 26 heavy (non-hydrogen) atoms. The first kappa shape index (κ1) is 17.9. The lowest BCUT2D eigenvalue weighted by Gasteiger charge is -2.21. The van der Waals surface area contributed by atoms with Crippen molar-refractivity contribution in [3.05, 3.63) is 41.4 Å². The molecule has 0 spiro atoms. The Kier molecular flexibility index (Phi) is 5.25. The van der Waals surface area contributed by atoms with Gasteiger partial charge in [0.2, 0.25) is 11.8 Å². The molecular formula is C19H22ClN3O2S. The number of oxazole rings is 1. The molecule has 3 atom stereocenters. The molecule has 0 radical (unpaired) electrons. The smallest absolute Gasteiger partial charge is 0.235 e. The van der Waals surface area contributed by atoms with Crippen LogP contribution in [0.25, 0.3) is 11.3 Å². The molecular weight excluding hydrogens is 370 g/mol. The third-order valence-corrected chi connectivity index (χ3v) is 6.56. The molecule has 4 rings (SSSR count). The van der Waals surface area contributed by atoms with Gasteiger partial charge in [0.15, 0.2) is 5.76 Å². The molecule has 1 unspecified atom stereocenters. The van der Waals surface area contributed by atoms with E-state index in [1.165, 1.54) is 0 Å². The van der Waals surface area contributed by atoms with E-state index in [4.69, 9.17) is 16.0 Å². The maximum atomic E-state index is 12.7. The summed E-state index contributed by atoms with van der Waals surface area (Å²) in [6.07, 6.45) is 1.72. The minimum atomic E-state index is -0.0901. The van der Waals surface area contributed by atoms with E-state index in [1.807, 2.05) is 36.1 Å². The largest absolute Gasteiger partial charge is 0.440 e. The molecule has 2 aliphatic heterocycles. The summed E-state index contributed by atoms with van der Waals surface area (Å²) in [5.74, 6) is 3.43. The Balaban J connectivity index is 1.31. The first-order valence-electron chi connectivity index (χ1n) is 8.92. The lowest BCUT2D eigenvalue weighted by Crippen LogP contribution is -2.36. The highest BCUT2D eigenvalue weighted by Gasteiger charge is 2.39. The number of hydrogen-bond donors (Lipinski definition) is 1. The second-order valence-electron chi connectivity index (χ2n) is 7.00. The van der Waals surface area contributed by atoms with Crippen LogP contribution in [0, 0.1) is 11.8 Å². The number of carbonyl (C=O) groups excluding carboxylic acids is 1. The van der Waals surface area contributed by atoms with Crippen LogP contribution in [0.1, 0.15) is 12.8 Å². The molecule has 5 nitrogen and oxygen atoms in total. The highest BCUT2D eigenvalue weighted by atomic mass is 35.5. The molecule has 2 aliphatic rings. The van der Waals surface area contributed by atoms with Crippen LogP contribution >= 0.6 is 23.4 Å². The van der Waals surface area contributed by atoms with Gasteiger partial charge in [0.25, 0.3) is 0 Å². The van der Waals surface area contributed by atoms with E-state index in [-0.39, 0.29) is 11.2 Å². The van der Waals surface area contributed by atoms with Crippen LogP contribution in [-0.4, -0.2) is 47.2 Å². The predicted molar refractivity (Wildman–Crippen MR) is 104 cm³/mol. The molecule has 2 saturated heterocycles. The quantitative estimate of drug-likeness (QED) is 0.847. The number of fused-ring (bicyclic) bond motifs is 1. The fraction of sp³-hybridized carbons (Fsp3) is 0.474. The third kappa shape index (κ3) is 3.77. The summed E-state index contributed by atoms with van der Waals surface area (Å²) in [7, 11) is 0. The zero-order valence-electron chi connectivity index (χ0n) is 14.7. The highest BCUT2D eigenvalue weighted by Crippen LogP contribution is 2.29. The number of benzene rings is 1. The van der Waals surface area contributed by atoms with Crippen LogP contribution in [0.5, 0.6) is 0 Å². The molecule has 1 aromatic carbocycles. The molecule has 0 saturated carbocycles. The average Bonchev–Trinajstić information content (AvgIpc) is 3.35. The lowest BCUT2D eigenvalue weighted by atomic mass is 10.0. The molecule has 1 aromatic heterocycles. The Labute approximate surface area is 162 Å². The minimum absolute atomic E-state index is 0.0901. The van der Waals surface area contributed by atoms with Gasteiger partial charge in [-0.15, -0.1) is 11.8 Å². The van der Waals surface area contributed by atoms with Gasteiger partial charge in [-0.25, -0.2) is 4.98 Å². The van der Waals surface area contributed by atoms with E-state index < -0.39 is 0 Å². The SMILES string of the molecule is CC(SCc1ncc(-c2ccc(Cl)cc2)o1)C(=O)N1C[C@H]2CNC[C@H]2C1. The van der Waals surface area contributed by atoms with Crippen molar-refractivity contribution in [2.24, 2.45) is 11.8 Å². The number of hydrogen-bond acceptors (Lipinski definition) is 5. The van der Waals surface area contributed by atoms with Gasteiger partial charge in [0.1, 0.15) is 0 Å². The number of carbonyl (C=O) groups is 1. The number of likely N-dealkylation sites (tertiary alicyclic amines) is 1. The maximum Gasteiger partial charge on any atom is 0.235 e. The van der Waals surface area contributed by atoms with E-state index >= 15 is 0 Å². The van der Waals surface area contributed by atoms with Crippen molar-refractivity contribution in [1.82, 2.24) is 15.2 Å². The summed E-state index contributed by atoms with van der Waals surface area (Å²) < 4.78 is 5.82. The molecule has 0 aliphatic carbocycles. The van der Waals surface area contributed by atoms with Crippen LogP contribution in [0.15, 0.2) is 34.9 Å². The van der Waals surface area contributed by atoms with Crippen molar-refractivity contribution in [2.75, 3.05) is 26.2 Å². The molecule has 2 aromatic rings. The van der Waals surface area contributed by atoms with Crippen molar-refractivity contribution < 1.29 is 9.21 Å². The van der Waals surface area contributed by atoms with Crippen molar-refractivity contribution in [2.45, 2.75) is 17.9 Å². The van der Waals surface area contributed by atoms with Crippen molar-refractivity contribution >= 4 is 29.3 Å². The topological polar surface area (TPSA) is 58.4 Å². The predicted octanol–water partition coefficient (Wildman–Crippen LogP) is 3.29. The monoisotopic (exact) mass is 391 g/mol. The minimum Gasteiger partial charge on any atom is -0.440 e. The summed E-state index contributed by atoms with van der Waals surface area (Å²) in [5, 5.41) is 4.01. The number of rotatable bonds is 5. The van der Waals surface area contributed by atoms with Gasteiger partial charge in [-0.2, -0.15) is 0 Å². The standard InChI is InChI=1S/C19H22ClN3O2S/c1-12(19(24)23-9-14-6-21-7-15(14)10-23)26-11-18-22-8-17(25-18)13-2-4-16(20)5-3-13/h2-5,8,12,14-15,21H,6-7,9-11H2,1H3/t12?,14-,15+. The van der Waals surface area contributed by atoms with E-state index in [9.17, 15) is 4.79 Å². The van der Waals surface area contributed by atoms with Crippen LogP contribution < -0.4 is 5.32 Å². The summed E-state index contributed by atoms with van der Waals surface area (Å²) in [5.41, 5.74) is 0.944. The fourth-order valence-electron chi connectivity index (χ4n) is 3.68. The van der Waals surface area contributed by atoms with Crippen LogP contribution in [0.4, 0.5) is 0 Å². The average molecular weight is 392 g/mol. The first-order valence-corrected chi connectivity index (χ1v) is 10.3. The van der Waals surface area contributed by atoms with E-state index in [0.717, 1.165) is 37.5 Å². The third-order valence-electron chi connectivity index (χ3n) is 5.19. The number of nitrogens with one attached hydrogen (secondary N) is 1. The zero-order valence-corrected chi connectivity index (χ0v) is 16.2. The summed E-state index contributed by atoms with van der Waals surface area (Å²) in [6, 6.07) is 7.47. The van der Waals surface area contributed by atoms with E-state index in [0.29, 0.717) is 28.5 Å². The Hall–Kier alpha value is -1.50. The Morgan fingerprint density at radius 3 is 2.73 bits per heavy atom. The van der Waals surface area contributed by atoms with Crippen molar-refractivity contribution in [3.63, 3.8) is 0 Å². The van der Waals surface area contributed by atoms with Crippen LogP contribution in [-0.2, 0) is 10.5 Å². The second-order valence-corrected chi connectivity index (χ2v) is 8.77.